The number of azide groups is 1. The van der Waals surface area contributed by atoms with Crippen LogP contribution in [0.5, 0.6) is 0 Å². The van der Waals surface area contributed by atoms with Gasteiger partial charge >= 0.3 is 0 Å². The van der Waals surface area contributed by atoms with E-state index in [1.165, 1.54) is 0 Å². The van der Waals surface area contributed by atoms with E-state index in [0.29, 0.717) is 52.8 Å². The molecule has 0 unspecified atom stereocenters. The third kappa shape index (κ3) is 15.1. The lowest BCUT2D eigenvalue weighted by molar-refractivity contribution is -0.00218. The zero-order valence-corrected chi connectivity index (χ0v) is 10.4. The van der Waals surface area contributed by atoms with Crippen molar-refractivity contribution < 1.29 is 23.3 Å². The zero-order valence-electron chi connectivity index (χ0n) is 10.4. The van der Waals surface area contributed by atoms with Gasteiger partial charge in [0.25, 0.3) is 0 Å². The molecule has 106 valence electrons. The first-order valence-corrected chi connectivity index (χ1v) is 5.79. The van der Waals surface area contributed by atoms with E-state index in [-0.39, 0.29) is 6.61 Å². The Morgan fingerprint density at radius 3 is 1.67 bits per heavy atom. The van der Waals surface area contributed by atoms with E-state index in [4.69, 9.17) is 24.5 Å². The number of alkyl halides is 1. The van der Waals surface area contributed by atoms with Crippen LogP contribution < -0.4 is 0 Å². The van der Waals surface area contributed by atoms with Crippen molar-refractivity contribution in [1.29, 1.82) is 0 Å². The van der Waals surface area contributed by atoms with E-state index in [1.54, 1.807) is 0 Å². The highest BCUT2D eigenvalue weighted by Crippen LogP contribution is 1.83. The lowest BCUT2D eigenvalue weighted by Crippen LogP contribution is -2.12. The molecular weight excluding hydrogens is 245 g/mol. The van der Waals surface area contributed by atoms with Crippen LogP contribution in [0.3, 0.4) is 0 Å². The molecule has 18 heavy (non-hydrogen) atoms. The van der Waals surface area contributed by atoms with Gasteiger partial charge in [-0.05, 0) is 5.53 Å². The quantitative estimate of drug-likeness (QED) is 0.205. The molecule has 0 N–H and O–H groups in total. The Balaban J connectivity index is 2.92. The Hall–Kier alpha value is -0.920. The number of rotatable bonds is 14. The summed E-state index contributed by atoms with van der Waals surface area (Å²) in [5.41, 5.74) is 7.99. The van der Waals surface area contributed by atoms with E-state index in [1.807, 2.05) is 0 Å². The SMILES string of the molecule is [N-]=[N+]=NCCOCCOCCOCCOCCF. The van der Waals surface area contributed by atoms with Gasteiger partial charge < -0.3 is 18.9 Å². The summed E-state index contributed by atoms with van der Waals surface area (Å²) in [7, 11) is 0. The van der Waals surface area contributed by atoms with Crippen LogP contribution in [0.15, 0.2) is 5.11 Å². The first kappa shape index (κ1) is 17.1. The summed E-state index contributed by atoms with van der Waals surface area (Å²) in [6, 6.07) is 0. The van der Waals surface area contributed by atoms with Crippen molar-refractivity contribution in [1.82, 2.24) is 0 Å². The Kier molecular flexibility index (Phi) is 15.3. The van der Waals surface area contributed by atoms with Crippen LogP contribution >= 0.6 is 0 Å². The molecule has 0 bridgehead atoms. The van der Waals surface area contributed by atoms with Gasteiger partial charge in [-0.1, -0.05) is 5.11 Å². The van der Waals surface area contributed by atoms with Gasteiger partial charge in [0.2, 0.25) is 0 Å². The maximum Gasteiger partial charge on any atom is 0.113 e. The molecule has 0 radical (unpaired) electrons. The van der Waals surface area contributed by atoms with Gasteiger partial charge in [-0.2, -0.15) is 0 Å². The molecule has 0 aromatic heterocycles. The van der Waals surface area contributed by atoms with Gasteiger partial charge in [0.05, 0.1) is 52.9 Å². The number of halogens is 1. The second kappa shape index (κ2) is 16.1. The normalized spacial score (nSPS) is 10.3. The molecule has 0 aliphatic carbocycles. The predicted octanol–water partition coefficient (Wildman–Crippen LogP) is 1.33. The van der Waals surface area contributed by atoms with E-state index in [2.05, 4.69) is 10.0 Å². The fourth-order valence-electron chi connectivity index (χ4n) is 0.966. The van der Waals surface area contributed by atoms with Crippen molar-refractivity contribution >= 4 is 0 Å². The lowest BCUT2D eigenvalue weighted by atomic mass is 10.7. The molecule has 0 saturated carbocycles. The summed E-state index contributed by atoms with van der Waals surface area (Å²) >= 11 is 0. The topological polar surface area (TPSA) is 85.7 Å². The molecule has 7 nitrogen and oxygen atoms in total. The summed E-state index contributed by atoms with van der Waals surface area (Å²) in [5.74, 6) is 0. The largest absolute Gasteiger partial charge is 0.379 e. The maximum absolute atomic E-state index is 11.6. The van der Waals surface area contributed by atoms with Crippen molar-refractivity contribution in [3.63, 3.8) is 0 Å². The van der Waals surface area contributed by atoms with E-state index in [9.17, 15) is 4.39 Å². The second-order valence-corrected chi connectivity index (χ2v) is 3.09. The van der Waals surface area contributed by atoms with Crippen LogP contribution in [-0.2, 0) is 18.9 Å². The average Bonchev–Trinajstić information content (AvgIpc) is 2.39. The molecule has 0 saturated heterocycles. The Morgan fingerprint density at radius 1 is 0.778 bits per heavy atom. The molecule has 0 spiro atoms. The number of hydrogen-bond acceptors (Lipinski definition) is 5. The van der Waals surface area contributed by atoms with Crippen LogP contribution in [0.1, 0.15) is 0 Å². The van der Waals surface area contributed by atoms with Gasteiger partial charge in [0.15, 0.2) is 0 Å². The Morgan fingerprint density at radius 2 is 1.22 bits per heavy atom. The van der Waals surface area contributed by atoms with E-state index < -0.39 is 6.67 Å². The molecular formula is C10H20FN3O4. The third-order valence-corrected chi connectivity index (χ3v) is 1.74. The van der Waals surface area contributed by atoms with Crippen LogP contribution in [-0.4, -0.2) is 66.1 Å². The lowest BCUT2D eigenvalue weighted by Gasteiger charge is -2.06. The molecule has 0 fully saturated rings. The van der Waals surface area contributed by atoms with Gasteiger partial charge in [0, 0.05) is 11.5 Å². The van der Waals surface area contributed by atoms with Crippen LogP contribution in [0.25, 0.3) is 10.4 Å². The third-order valence-electron chi connectivity index (χ3n) is 1.74. The fourth-order valence-corrected chi connectivity index (χ4v) is 0.966. The number of nitrogens with zero attached hydrogens (tertiary/aromatic N) is 3. The molecule has 0 amide bonds. The monoisotopic (exact) mass is 265 g/mol. The standard InChI is InChI=1S/C10H20FN3O4/c11-1-3-15-5-7-17-9-10-18-8-6-16-4-2-13-14-12/h1-10H2. The van der Waals surface area contributed by atoms with Crippen molar-refractivity contribution in [3.8, 4) is 0 Å². The predicted molar refractivity (Wildman–Crippen MR) is 63.3 cm³/mol. The summed E-state index contributed by atoms with van der Waals surface area (Å²) in [6.45, 7) is 3.09. The van der Waals surface area contributed by atoms with E-state index >= 15 is 0 Å². The van der Waals surface area contributed by atoms with Crippen molar-refractivity contribution in [2.24, 2.45) is 5.11 Å². The van der Waals surface area contributed by atoms with E-state index in [0.717, 1.165) is 0 Å². The van der Waals surface area contributed by atoms with Gasteiger partial charge in [-0.3, -0.25) is 0 Å². The highest BCUT2D eigenvalue weighted by molar-refractivity contribution is 4.44. The summed E-state index contributed by atoms with van der Waals surface area (Å²) < 4.78 is 32.0. The first-order valence-electron chi connectivity index (χ1n) is 5.79. The summed E-state index contributed by atoms with van der Waals surface area (Å²) in [5, 5.41) is 3.32. The Labute approximate surface area is 106 Å². The number of ether oxygens (including phenoxy) is 4. The second-order valence-electron chi connectivity index (χ2n) is 3.09. The summed E-state index contributed by atoms with van der Waals surface area (Å²) in [6.07, 6.45) is 0. The van der Waals surface area contributed by atoms with Crippen molar-refractivity contribution in [2.75, 3.05) is 66.1 Å². The minimum absolute atomic E-state index is 0.118. The smallest absolute Gasteiger partial charge is 0.113 e. The molecule has 0 rings (SSSR count). The minimum Gasteiger partial charge on any atom is -0.379 e. The summed E-state index contributed by atoms with van der Waals surface area (Å²) in [4.78, 5) is 2.60. The average molecular weight is 265 g/mol. The molecule has 0 aliphatic heterocycles. The first-order chi connectivity index (χ1) is 8.91. The highest BCUT2D eigenvalue weighted by Gasteiger charge is 1.92. The molecule has 0 aliphatic rings. The molecule has 0 aromatic carbocycles. The van der Waals surface area contributed by atoms with Crippen LogP contribution in [0.2, 0.25) is 0 Å². The van der Waals surface area contributed by atoms with Gasteiger partial charge in [-0.25, -0.2) is 4.39 Å². The molecule has 0 aromatic rings. The van der Waals surface area contributed by atoms with Crippen LogP contribution in [0, 0.1) is 0 Å². The minimum atomic E-state index is -0.469. The number of hydrogen-bond donors (Lipinski definition) is 0. The fraction of sp³-hybridized carbons (Fsp3) is 1.00. The molecule has 0 atom stereocenters. The maximum atomic E-state index is 11.6. The Bertz CT molecular complexity index is 215. The van der Waals surface area contributed by atoms with Crippen molar-refractivity contribution in [2.45, 2.75) is 0 Å². The zero-order chi connectivity index (χ0) is 13.3. The van der Waals surface area contributed by atoms with Gasteiger partial charge in [0.1, 0.15) is 6.67 Å². The van der Waals surface area contributed by atoms with Crippen molar-refractivity contribution in [3.05, 3.63) is 10.4 Å². The molecule has 8 heteroatoms. The molecule has 0 heterocycles. The highest BCUT2D eigenvalue weighted by atomic mass is 19.1. The van der Waals surface area contributed by atoms with Crippen LogP contribution in [0.4, 0.5) is 4.39 Å². The van der Waals surface area contributed by atoms with Gasteiger partial charge in [-0.15, -0.1) is 0 Å².